The number of nitrogen functional groups attached to an aromatic ring is 1. The van der Waals surface area contributed by atoms with Crippen molar-refractivity contribution < 1.29 is 22.1 Å². The van der Waals surface area contributed by atoms with Crippen LogP contribution in [-0.2, 0) is 21.1 Å². The first kappa shape index (κ1) is 159. The number of hydrogen-bond donors (Lipinski definition) is 2. The van der Waals surface area contributed by atoms with E-state index in [2.05, 4.69) is 440 Å². The molecule has 0 bridgehead atoms. The van der Waals surface area contributed by atoms with Crippen molar-refractivity contribution in [1.29, 1.82) is 0 Å². The molecule has 1 aliphatic rings. The van der Waals surface area contributed by atoms with Crippen LogP contribution in [0.15, 0.2) is 64.1 Å². The van der Waals surface area contributed by atoms with Gasteiger partial charge in [-0.25, -0.2) is 22.8 Å². The number of nitrogens with one attached hydrogen (secondary N) is 1. The molecule has 0 aliphatic carbocycles. The van der Waals surface area contributed by atoms with E-state index in [4.69, 9.17) is 15.0 Å². The lowest BCUT2D eigenvalue weighted by atomic mass is 10.1. The molecule has 130 heavy (non-hydrogen) atoms. The quantitative estimate of drug-likeness (QED) is 0.0415. The molecule has 4 aromatic rings. The normalized spacial score (nSPS) is 15.4. The van der Waals surface area contributed by atoms with Crippen LogP contribution in [0.5, 0.6) is 0 Å². The molecule has 5 rings (SSSR count). The van der Waals surface area contributed by atoms with Crippen molar-refractivity contribution in [3.8, 4) is 34.0 Å². The molecule has 51 unspecified atom stereocenters. The minimum atomic E-state index is -3.45. The summed E-state index contributed by atoms with van der Waals surface area (Å²) in [5, 5.41) is 6.53. The van der Waals surface area contributed by atoms with Crippen LogP contribution in [0.2, 0.25) is 0 Å². The maximum Gasteiger partial charge on any atom is 0.189 e. The second-order valence-corrected chi connectivity index (χ2v) is 410. The Kier molecular flexibility index (Phi) is 102. The highest BCUT2D eigenvalue weighted by Gasteiger charge is 2.67. The second kappa shape index (κ2) is 83.4. The van der Waals surface area contributed by atoms with Crippen LogP contribution in [-0.4, -0.2) is 49.1 Å². The number of halogens is 1. The predicted molar refractivity (Wildman–Crippen MR) is 913 cm³/mol. The Morgan fingerprint density at radius 1 is 0.377 bits per heavy atom. The highest BCUT2D eigenvalue weighted by molar-refractivity contribution is 9.60. The van der Waals surface area contributed by atoms with E-state index in [1.807, 2.05) is 6.07 Å². The van der Waals surface area contributed by atoms with Crippen molar-refractivity contribution in [2.45, 2.75) is 29.5 Å². The summed E-state index contributed by atoms with van der Waals surface area (Å²) in [6, 6.07) is 13.0. The van der Waals surface area contributed by atoms with E-state index in [0.717, 1.165) is 13.5 Å². The zero-order valence-corrected chi connectivity index (χ0v) is 164. The van der Waals surface area contributed by atoms with E-state index in [0.29, 0.717) is 55.1 Å². The number of ether oxygens (including phenoxy) is 1. The predicted octanol–water partition coefficient (Wildman–Crippen LogP) is 58.5. The average Bonchev–Trinajstić information content (AvgIpc) is 0.827. The van der Waals surface area contributed by atoms with Gasteiger partial charge in [-0.2, -0.15) is 0 Å². The maximum absolute atomic E-state index is 14.7. The van der Waals surface area contributed by atoms with Crippen molar-refractivity contribution in [1.82, 2.24) is 20.4 Å². The van der Waals surface area contributed by atoms with Gasteiger partial charge in [0.1, 0.15) is 11.5 Å². The van der Waals surface area contributed by atoms with Gasteiger partial charge in [0.2, 0.25) is 0 Å². The van der Waals surface area contributed by atoms with Crippen molar-refractivity contribution >= 4 is 758 Å². The molecule has 51 atom stereocenters. The minimum Gasteiger partial charge on any atom is -0.382 e. The smallest absolute Gasteiger partial charge is 0.189 e. The zero-order chi connectivity index (χ0) is 99.7. The summed E-state index contributed by atoms with van der Waals surface area (Å²) in [6.07, 6.45) is 2.47. The summed E-state index contributed by atoms with van der Waals surface area (Å²) in [4.78, 5) is 9.05. The van der Waals surface area contributed by atoms with Crippen LogP contribution in [0, 0.1) is 5.82 Å². The number of nitrogens with two attached hydrogens (primary N) is 1. The lowest BCUT2D eigenvalue weighted by Crippen LogP contribution is -2.28. The summed E-state index contributed by atoms with van der Waals surface area (Å²) in [5.41, 5.74) is 8.85. The third-order valence-corrected chi connectivity index (χ3v) is 677. The number of sulfone groups is 1. The van der Waals surface area contributed by atoms with Crippen LogP contribution < -0.4 is 11.1 Å². The van der Waals surface area contributed by atoms with Crippen LogP contribution in [0.3, 0.4) is 0 Å². The zero-order valence-electron chi connectivity index (χ0n) is 67.9. The van der Waals surface area contributed by atoms with Crippen LogP contribution in [0.1, 0.15) is 18.4 Å². The Balaban J connectivity index is 0.000000779. The first-order valence-corrected chi connectivity index (χ1v) is 204. The van der Waals surface area contributed by atoms with Gasteiger partial charge in [0.25, 0.3) is 0 Å². The molecule has 2 aromatic heterocycles. The SMILES string of the molecule is CNCc1ccc(-c2cc(-c3nc(-c4ccc(S(=O)(=O)C5CCOCC5)cc4)cnc3N)on2)c(F)c1.PPP(P(P)P)P(P(P(P)P)P(P)P)P(P(P(P(P)P)P(P)P)P(P(P)P)P(P)P)P(P(P(P(P(P)P)P(P)P)P(P(P)P)P(P)P)P(P(P(P)P)P(P)P)P(P(P)P)P(P)P)P(P(P(P(P)P)P(P)P)P(P(P)P)P(P)P)P(P(P(P)P)P(P)P)P(P(P)P)P(P)P. The molecule has 1 aliphatic heterocycles. The fraction of sp³-hybridized carbons (Fsp3) is 0.269. The fourth-order valence-electron chi connectivity index (χ4n) is 10.0. The summed E-state index contributed by atoms with van der Waals surface area (Å²) in [5.74, 6) is -0.0644. The second-order valence-electron chi connectivity index (χ2n) is 23.6. The number of benzene rings is 2. The standard InChI is InChI=1S/C26H26FN5O4S.H95P93/c1-29-14-16-2-7-20(21(27)12-16)22-13-24(36-32-22)25-26(28)30-15-23(31-25)17-3-5-18(6-4-17)37(33,34)19-8-10-35-11-9-19;1-48-72(49(2)3)84(73(50(4)5)51(6)7)90(85(74(52(8)9)53(10)11)75(54(12)13)55(14)15)93(91(86(76(56(16)17)57(18)19)77(58(20)21)59(22)23)87(78(60(24)25)61(26)27)79(62(28)29)63(30)31)92(88(80(64(32)33)65(34)35)81(66(36)37)67(38)39)89(82(68(40)41)69(42)43)83(70(44)45)71(46)47/h2-7,12-13,15,19,29H,8-11,14H2,1H3,(H2,28,30);48H,1-47H2. The molecule has 0 radical (unpaired) electrons. The molecule has 1 fully saturated rings. The fourth-order valence-corrected chi connectivity index (χ4v) is 1390. The van der Waals surface area contributed by atoms with Crippen LogP contribution in [0.4, 0.5) is 10.2 Å². The summed E-state index contributed by atoms with van der Waals surface area (Å²) in [7, 11) is 176. The van der Waals surface area contributed by atoms with Gasteiger partial charge in [-0.15, -0.1) is 420 Å². The monoisotopic (exact) mass is 3500 g/mol. The van der Waals surface area contributed by atoms with Gasteiger partial charge in [0.15, 0.2) is 27.1 Å². The largest absolute Gasteiger partial charge is 0.382 e. The molecule has 9 nitrogen and oxygen atoms in total. The molecular weight excluding hydrogens is 3380 g/mol. The molecule has 1 saturated heterocycles. The third kappa shape index (κ3) is 50.6. The number of anilines is 1. The topological polar surface area (TPSA) is 133 Å². The van der Waals surface area contributed by atoms with Crippen LogP contribution >= 0.6 is 742 Å². The third-order valence-electron chi connectivity index (χ3n) is 14.6. The molecule has 2 aromatic carbocycles. The molecule has 0 amide bonds. The van der Waals surface area contributed by atoms with Gasteiger partial charge >= 0.3 is 0 Å². The molecule has 752 valence electrons. The van der Waals surface area contributed by atoms with Gasteiger partial charge in [0.05, 0.1) is 22.0 Å². The van der Waals surface area contributed by atoms with E-state index < -0.39 is 245 Å². The highest BCUT2D eigenvalue weighted by Crippen LogP contribution is 3.54. The van der Waals surface area contributed by atoms with E-state index in [9.17, 15) is 12.8 Å². The molecule has 0 spiro atoms. The Bertz CT molecular complexity index is 3640. The van der Waals surface area contributed by atoms with E-state index in [1.54, 1.807) is 43.4 Å². The average molecular weight is 3500 g/mol. The van der Waals surface area contributed by atoms with Gasteiger partial charge < -0.3 is 20.3 Å². The number of rotatable bonds is 52. The maximum atomic E-state index is 14.7. The minimum absolute atomic E-state index is 0.120. The summed E-state index contributed by atoms with van der Waals surface area (Å²) < 4.78 is 51.3. The van der Waals surface area contributed by atoms with E-state index >= 15 is 0 Å². The number of aromatic nitrogens is 3. The van der Waals surface area contributed by atoms with E-state index in [1.165, 1.54) is 12.3 Å². The Morgan fingerprint density at radius 3 is 0.900 bits per heavy atom. The first-order chi connectivity index (χ1) is 60.2. The van der Waals surface area contributed by atoms with E-state index in [-0.39, 0.29) is 113 Å². The first-order valence-electron chi connectivity index (χ1n) is 33.0. The molecule has 3 N–H and O–H groups in total. The number of nitrogens with zero attached hydrogens (tertiary/aromatic N) is 3. The van der Waals surface area contributed by atoms with Gasteiger partial charge in [-0.05, 0) is 364 Å². The highest BCUT2D eigenvalue weighted by atomic mass is 33.7. The Hall–Kier alpha value is 36.3. The van der Waals surface area contributed by atoms with Crippen LogP contribution in [0.25, 0.3) is 34.0 Å². The van der Waals surface area contributed by atoms with Gasteiger partial charge in [-0.3, -0.25) is 0 Å². The summed E-state index contributed by atoms with van der Waals surface area (Å²) >= 11 is 0. The Labute approximate surface area is 942 Å². The number of hydrogen-bond acceptors (Lipinski definition) is 9. The van der Waals surface area contributed by atoms with Crippen molar-refractivity contribution in [2.75, 3.05) is 26.0 Å². The molecule has 104 heteroatoms. The lowest BCUT2D eigenvalue weighted by Gasteiger charge is -2.63. The lowest BCUT2D eigenvalue weighted by molar-refractivity contribution is 0.0983. The molecular formula is C26H121FN5O4P93S. The van der Waals surface area contributed by atoms with Gasteiger partial charge in [0, 0.05) is 37.0 Å². The Morgan fingerprint density at radius 2 is 0.646 bits per heavy atom. The van der Waals surface area contributed by atoms with Gasteiger partial charge in [-0.1, -0.05) is 31.3 Å². The van der Waals surface area contributed by atoms with Crippen molar-refractivity contribution in [2.24, 2.45) is 0 Å². The summed E-state index contributed by atoms with van der Waals surface area (Å²) in [6.45, 7) is -17.1. The molecule has 3 heterocycles. The van der Waals surface area contributed by atoms with Crippen molar-refractivity contribution in [3.63, 3.8) is 0 Å². The van der Waals surface area contributed by atoms with Crippen molar-refractivity contribution in [3.05, 3.63) is 66.1 Å². The molecule has 0 saturated carbocycles.